The van der Waals surface area contributed by atoms with Gasteiger partial charge in [0.2, 0.25) is 11.8 Å². The van der Waals surface area contributed by atoms with Crippen molar-refractivity contribution in [2.75, 3.05) is 0 Å². The van der Waals surface area contributed by atoms with Gasteiger partial charge in [-0.15, -0.1) is 0 Å². The van der Waals surface area contributed by atoms with E-state index >= 15 is 0 Å². The quantitative estimate of drug-likeness (QED) is 0.770. The minimum atomic E-state index is -0.246. The number of carbonyl (C=O) groups excluding carboxylic acids is 2. The molecule has 96 valence electrons. The largest absolute Gasteiger partial charge is 0.296 e. The molecule has 1 N–H and O–H groups in total. The third-order valence-electron chi connectivity index (χ3n) is 3.20. The highest BCUT2D eigenvalue weighted by Gasteiger charge is 2.28. The minimum Gasteiger partial charge on any atom is -0.296 e. The first-order valence-electron chi connectivity index (χ1n) is 6.18. The first-order chi connectivity index (χ1) is 8.38. The van der Waals surface area contributed by atoms with E-state index in [0.717, 1.165) is 11.3 Å². The molecule has 1 aromatic rings. The summed E-state index contributed by atoms with van der Waals surface area (Å²) < 4.78 is 0. The molecule has 2 rings (SSSR count). The summed E-state index contributed by atoms with van der Waals surface area (Å²) in [6.45, 7) is 6.29. The molecule has 0 bridgehead atoms. The van der Waals surface area contributed by atoms with Crippen molar-refractivity contribution in [2.45, 2.75) is 44.9 Å². The van der Waals surface area contributed by atoms with Gasteiger partial charge in [0.25, 0.3) is 0 Å². The fraction of sp³-hybridized carbons (Fsp3) is 0.500. The Morgan fingerprint density at radius 3 is 2.50 bits per heavy atom. The van der Waals surface area contributed by atoms with Crippen molar-refractivity contribution in [1.82, 2.24) is 10.3 Å². The molecular weight excluding hydrogens is 228 g/mol. The van der Waals surface area contributed by atoms with Gasteiger partial charge >= 0.3 is 0 Å². The Balaban J connectivity index is 2.20. The summed E-state index contributed by atoms with van der Waals surface area (Å²) >= 11 is 0. The van der Waals surface area contributed by atoms with Crippen LogP contribution in [0, 0.1) is 0 Å². The monoisotopic (exact) mass is 246 g/mol. The highest BCUT2D eigenvalue weighted by Crippen LogP contribution is 2.26. The van der Waals surface area contributed by atoms with Crippen LogP contribution >= 0.6 is 0 Å². The minimum absolute atomic E-state index is 0.00329. The Hall–Kier alpha value is -1.71. The molecule has 1 aliphatic rings. The standard InChI is InChI=1S/C14H18N2O2/c1-14(2,3)11-6-4-9(8-15-11)10-5-7-12(17)16-13(10)18/h4,6,8,10H,5,7H2,1-3H3,(H,16,17,18)/t10-/m1/s1. The molecule has 0 spiro atoms. The lowest BCUT2D eigenvalue weighted by Crippen LogP contribution is -2.39. The second-order valence-electron chi connectivity index (χ2n) is 5.73. The van der Waals surface area contributed by atoms with Crippen LogP contribution in [0.1, 0.15) is 50.8 Å². The molecule has 0 aliphatic carbocycles. The number of nitrogens with one attached hydrogen (secondary N) is 1. The molecule has 2 heterocycles. The highest BCUT2D eigenvalue weighted by atomic mass is 16.2. The van der Waals surface area contributed by atoms with Gasteiger partial charge in [-0.1, -0.05) is 26.8 Å². The van der Waals surface area contributed by atoms with Crippen LogP contribution in [0.4, 0.5) is 0 Å². The zero-order chi connectivity index (χ0) is 13.3. The number of carbonyl (C=O) groups is 2. The lowest BCUT2D eigenvalue weighted by Gasteiger charge is -2.22. The molecule has 1 fully saturated rings. The van der Waals surface area contributed by atoms with E-state index in [9.17, 15) is 9.59 Å². The molecule has 1 atom stereocenters. The molecule has 1 saturated heterocycles. The van der Waals surface area contributed by atoms with Gasteiger partial charge in [0.1, 0.15) is 0 Å². The summed E-state index contributed by atoms with van der Waals surface area (Å²) in [5.41, 5.74) is 1.88. The number of imide groups is 1. The maximum Gasteiger partial charge on any atom is 0.234 e. The van der Waals surface area contributed by atoms with E-state index in [1.54, 1.807) is 6.20 Å². The third kappa shape index (κ3) is 2.58. The van der Waals surface area contributed by atoms with Crippen LogP contribution in [0.15, 0.2) is 18.3 Å². The predicted octanol–water partition coefficient (Wildman–Crippen LogP) is 1.90. The van der Waals surface area contributed by atoms with Crippen molar-refractivity contribution < 1.29 is 9.59 Å². The normalized spacial score (nSPS) is 20.7. The Morgan fingerprint density at radius 1 is 1.28 bits per heavy atom. The van der Waals surface area contributed by atoms with Gasteiger partial charge in [0, 0.05) is 23.7 Å². The molecule has 1 aromatic heterocycles. The highest BCUT2D eigenvalue weighted by molar-refractivity contribution is 6.00. The maximum atomic E-state index is 11.7. The molecule has 4 nitrogen and oxygen atoms in total. The lowest BCUT2D eigenvalue weighted by molar-refractivity contribution is -0.134. The zero-order valence-electron chi connectivity index (χ0n) is 11.0. The van der Waals surface area contributed by atoms with Crippen LogP contribution in [0.3, 0.4) is 0 Å². The van der Waals surface area contributed by atoms with Crippen molar-refractivity contribution in [1.29, 1.82) is 0 Å². The Morgan fingerprint density at radius 2 is 2.00 bits per heavy atom. The zero-order valence-corrected chi connectivity index (χ0v) is 11.0. The van der Waals surface area contributed by atoms with E-state index in [-0.39, 0.29) is 23.1 Å². The number of piperidine rings is 1. The summed E-state index contributed by atoms with van der Waals surface area (Å²) in [6, 6.07) is 3.90. The summed E-state index contributed by atoms with van der Waals surface area (Å²) in [5.74, 6) is -0.642. The number of aromatic nitrogens is 1. The fourth-order valence-corrected chi connectivity index (χ4v) is 2.07. The molecule has 18 heavy (non-hydrogen) atoms. The van der Waals surface area contributed by atoms with Gasteiger partial charge in [0.05, 0.1) is 5.92 Å². The van der Waals surface area contributed by atoms with E-state index in [4.69, 9.17) is 0 Å². The molecule has 0 radical (unpaired) electrons. The van der Waals surface area contributed by atoms with E-state index < -0.39 is 0 Å². The Bertz CT molecular complexity index is 472. The molecule has 4 heteroatoms. The number of rotatable bonds is 1. The van der Waals surface area contributed by atoms with Crippen LogP contribution < -0.4 is 5.32 Å². The Labute approximate surface area is 107 Å². The number of hydrogen-bond donors (Lipinski definition) is 1. The lowest BCUT2D eigenvalue weighted by atomic mass is 9.88. The van der Waals surface area contributed by atoms with Crippen LogP contribution in [-0.4, -0.2) is 16.8 Å². The van der Waals surface area contributed by atoms with Gasteiger partial charge < -0.3 is 0 Å². The molecule has 2 amide bonds. The molecular formula is C14H18N2O2. The van der Waals surface area contributed by atoms with E-state index in [2.05, 4.69) is 31.1 Å². The van der Waals surface area contributed by atoms with Crippen molar-refractivity contribution in [3.8, 4) is 0 Å². The SMILES string of the molecule is CC(C)(C)c1ccc([C@H]2CCC(=O)NC2=O)cn1. The van der Waals surface area contributed by atoms with Gasteiger partial charge in [-0.2, -0.15) is 0 Å². The van der Waals surface area contributed by atoms with Gasteiger partial charge in [0.15, 0.2) is 0 Å². The maximum absolute atomic E-state index is 11.7. The molecule has 0 aromatic carbocycles. The Kier molecular flexibility index (Phi) is 3.20. The van der Waals surface area contributed by atoms with Crippen molar-refractivity contribution >= 4 is 11.8 Å². The van der Waals surface area contributed by atoms with Crippen LogP contribution in [0.5, 0.6) is 0 Å². The first kappa shape index (κ1) is 12.7. The summed E-state index contributed by atoms with van der Waals surface area (Å²) in [5, 5.41) is 2.37. The topological polar surface area (TPSA) is 59.1 Å². The second kappa shape index (κ2) is 4.52. The summed E-state index contributed by atoms with van der Waals surface area (Å²) in [6.07, 6.45) is 2.72. The van der Waals surface area contributed by atoms with Gasteiger partial charge in [-0.05, 0) is 18.1 Å². The van der Waals surface area contributed by atoms with Crippen molar-refractivity contribution in [3.63, 3.8) is 0 Å². The van der Waals surface area contributed by atoms with Crippen LogP contribution in [0.25, 0.3) is 0 Å². The van der Waals surface area contributed by atoms with Crippen LogP contribution in [0.2, 0.25) is 0 Å². The number of pyridine rings is 1. The third-order valence-corrected chi connectivity index (χ3v) is 3.20. The smallest absolute Gasteiger partial charge is 0.234 e. The number of nitrogens with zero attached hydrogens (tertiary/aromatic N) is 1. The fourth-order valence-electron chi connectivity index (χ4n) is 2.07. The van der Waals surface area contributed by atoms with Crippen LogP contribution in [-0.2, 0) is 15.0 Å². The predicted molar refractivity (Wildman–Crippen MR) is 68.1 cm³/mol. The molecule has 0 saturated carbocycles. The number of hydrogen-bond acceptors (Lipinski definition) is 3. The van der Waals surface area contributed by atoms with E-state index in [1.807, 2.05) is 12.1 Å². The van der Waals surface area contributed by atoms with Gasteiger partial charge in [-0.25, -0.2) is 0 Å². The summed E-state index contributed by atoms with van der Waals surface area (Å²) in [7, 11) is 0. The summed E-state index contributed by atoms with van der Waals surface area (Å²) in [4.78, 5) is 27.2. The van der Waals surface area contributed by atoms with E-state index in [1.165, 1.54) is 0 Å². The average molecular weight is 246 g/mol. The number of amides is 2. The molecule has 1 aliphatic heterocycles. The van der Waals surface area contributed by atoms with Crippen molar-refractivity contribution in [3.05, 3.63) is 29.6 Å². The average Bonchev–Trinajstić information content (AvgIpc) is 2.28. The van der Waals surface area contributed by atoms with Crippen molar-refractivity contribution in [2.24, 2.45) is 0 Å². The first-order valence-corrected chi connectivity index (χ1v) is 6.18. The molecule has 0 unspecified atom stereocenters. The second-order valence-corrected chi connectivity index (χ2v) is 5.73. The van der Waals surface area contributed by atoms with Gasteiger partial charge in [-0.3, -0.25) is 19.9 Å². The van der Waals surface area contributed by atoms with E-state index in [0.29, 0.717) is 12.8 Å².